The van der Waals surface area contributed by atoms with Crippen LogP contribution in [0.25, 0.3) is 0 Å². The fourth-order valence-electron chi connectivity index (χ4n) is 2.63. The number of rotatable bonds is 0. The Kier molecular flexibility index (Phi) is 2.31. The monoisotopic (exact) mass is 182 g/mol. The molecule has 0 aromatic carbocycles. The predicted octanol–water partition coefficient (Wildman–Crippen LogP) is 2.66. The summed E-state index contributed by atoms with van der Waals surface area (Å²) < 4.78 is 5.34. The van der Waals surface area contributed by atoms with Gasteiger partial charge in [0.1, 0.15) is 0 Å². The molecule has 0 bridgehead atoms. The van der Waals surface area contributed by atoms with E-state index < -0.39 is 0 Å². The summed E-state index contributed by atoms with van der Waals surface area (Å²) in [6.07, 6.45) is 8.13. The van der Waals surface area contributed by atoms with Crippen molar-refractivity contribution in [3.63, 3.8) is 0 Å². The first kappa shape index (κ1) is 9.04. The highest BCUT2D eigenvalue weighted by Crippen LogP contribution is 2.44. The van der Waals surface area contributed by atoms with Crippen LogP contribution in [0.5, 0.6) is 0 Å². The molecule has 1 aliphatic carbocycles. The van der Waals surface area contributed by atoms with Crippen molar-refractivity contribution in [2.75, 3.05) is 0 Å². The van der Waals surface area contributed by atoms with Crippen LogP contribution in [0.4, 0.5) is 0 Å². The van der Waals surface area contributed by atoms with Gasteiger partial charge in [0, 0.05) is 0 Å². The third-order valence-electron chi connectivity index (χ3n) is 3.58. The van der Waals surface area contributed by atoms with Gasteiger partial charge in [-0.05, 0) is 32.6 Å². The van der Waals surface area contributed by atoms with Gasteiger partial charge in [0.2, 0.25) is 0 Å². The number of carbonyl (C=O) groups is 1. The number of hydrogen-bond acceptors (Lipinski definition) is 2. The average molecular weight is 182 g/mol. The SMILES string of the molecule is CC1CCC2(CCCCC2)C(=O)O1. The maximum Gasteiger partial charge on any atom is 0.312 e. The normalized spacial score (nSPS) is 33.0. The minimum Gasteiger partial charge on any atom is -0.462 e. The molecule has 13 heavy (non-hydrogen) atoms. The Morgan fingerprint density at radius 3 is 2.54 bits per heavy atom. The van der Waals surface area contributed by atoms with Crippen LogP contribution in [0, 0.1) is 5.41 Å². The molecule has 2 rings (SSSR count). The molecule has 0 aromatic rings. The Morgan fingerprint density at radius 2 is 1.92 bits per heavy atom. The standard InChI is InChI=1S/C11H18O2/c1-9-5-8-11(10(12)13-9)6-3-2-4-7-11/h9H,2-8H2,1H3. The van der Waals surface area contributed by atoms with Crippen LogP contribution in [-0.4, -0.2) is 12.1 Å². The summed E-state index contributed by atoms with van der Waals surface area (Å²) in [7, 11) is 0. The van der Waals surface area contributed by atoms with Crippen molar-refractivity contribution in [3.05, 3.63) is 0 Å². The summed E-state index contributed by atoms with van der Waals surface area (Å²) in [5.74, 6) is 0.0888. The van der Waals surface area contributed by atoms with Crippen LogP contribution in [0.3, 0.4) is 0 Å². The van der Waals surface area contributed by atoms with E-state index >= 15 is 0 Å². The lowest BCUT2D eigenvalue weighted by atomic mass is 9.70. The van der Waals surface area contributed by atoms with Crippen molar-refractivity contribution in [2.24, 2.45) is 5.41 Å². The van der Waals surface area contributed by atoms with E-state index in [1.165, 1.54) is 19.3 Å². The van der Waals surface area contributed by atoms with E-state index in [0.717, 1.165) is 25.7 Å². The van der Waals surface area contributed by atoms with Gasteiger partial charge < -0.3 is 4.74 Å². The highest BCUT2D eigenvalue weighted by Gasteiger charge is 2.44. The molecule has 2 aliphatic rings. The minimum atomic E-state index is -0.0647. The molecule has 1 heterocycles. The Bertz CT molecular complexity index is 204. The van der Waals surface area contributed by atoms with Crippen LogP contribution >= 0.6 is 0 Å². The lowest BCUT2D eigenvalue weighted by Crippen LogP contribution is -2.41. The topological polar surface area (TPSA) is 26.3 Å². The van der Waals surface area contributed by atoms with Gasteiger partial charge in [-0.15, -0.1) is 0 Å². The van der Waals surface area contributed by atoms with Gasteiger partial charge in [0.25, 0.3) is 0 Å². The Balaban J connectivity index is 2.08. The lowest BCUT2D eigenvalue weighted by Gasteiger charge is -2.39. The van der Waals surface area contributed by atoms with E-state index in [9.17, 15) is 4.79 Å². The Morgan fingerprint density at radius 1 is 1.23 bits per heavy atom. The molecule has 1 saturated carbocycles. The van der Waals surface area contributed by atoms with E-state index in [1.807, 2.05) is 6.92 Å². The van der Waals surface area contributed by atoms with Crippen molar-refractivity contribution in [3.8, 4) is 0 Å². The van der Waals surface area contributed by atoms with Crippen LogP contribution in [0.2, 0.25) is 0 Å². The molecule has 1 saturated heterocycles. The molecule has 1 unspecified atom stereocenters. The van der Waals surface area contributed by atoms with Crippen LogP contribution in [-0.2, 0) is 9.53 Å². The summed E-state index contributed by atoms with van der Waals surface area (Å²) >= 11 is 0. The van der Waals surface area contributed by atoms with Gasteiger partial charge in [0.05, 0.1) is 11.5 Å². The summed E-state index contributed by atoms with van der Waals surface area (Å²) in [4.78, 5) is 11.8. The molecule has 0 radical (unpaired) electrons. The van der Waals surface area contributed by atoms with Crippen LogP contribution in [0.1, 0.15) is 51.9 Å². The second-order valence-electron chi connectivity index (χ2n) is 4.60. The van der Waals surface area contributed by atoms with E-state index in [-0.39, 0.29) is 17.5 Å². The second kappa shape index (κ2) is 3.32. The first-order chi connectivity index (χ1) is 6.23. The maximum atomic E-state index is 11.8. The quantitative estimate of drug-likeness (QED) is 0.538. The third kappa shape index (κ3) is 1.59. The minimum absolute atomic E-state index is 0.0647. The molecule has 0 aromatic heterocycles. The molecule has 1 atom stereocenters. The van der Waals surface area contributed by atoms with Crippen molar-refractivity contribution in [2.45, 2.75) is 58.0 Å². The van der Waals surface area contributed by atoms with Gasteiger partial charge >= 0.3 is 5.97 Å². The zero-order valence-electron chi connectivity index (χ0n) is 8.34. The third-order valence-corrected chi connectivity index (χ3v) is 3.58. The van der Waals surface area contributed by atoms with Gasteiger partial charge in [0.15, 0.2) is 0 Å². The highest BCUT2D eigenvalue weighted by molar-refractivity contribution is 5.77. The van der Waals surface area contributed by atoms with E-state index in [2.05, 4.69) is 0 Å². The molecular weight excluding hydrogens is 164 g/mol. The lowest BCUT2D eigenvalue weighted by molar-refractivity contribution is -0.171. The molecule has 2 nitrogen and oxygen atoms in total. The van der Waals surface area contributed by atoms with Gasteiger partial charge in [-0.25, -0.2) is 0 Å². The number of esters is 1. The molecule has 2 fully saturated rings. The molecule has 1 spiro atoms. The molecule has 74 valence electrons. The predicted molar refractivity (Wildman–Crippen MR) is 50.3 cm³/mol. The van der Waals surface area contributed by atoms with Crippen LogP contribution < -0.4 is 0 Å². The first-order valence-electron chi connectivity index (χ1n) is 5.44. The van der Waals surface area contributed by atoms with E-state index in [4.69, 9.17) is 4.74 Å². The Hall–Kier alpha value is -0.530. The van der Waals surface area contributed by atoms with Crippen molar-refractivity contribution >= 4 is 5.97 Å². The zero-order chi connectivity index (χ0) is 9.31. The second-order valence-corrected chi connectivity index (χ2v) is 4.60. The molecule has 0 N–H and O–H groups in total. The fourth-order valence-corrected chi connectivity index (χ4v) is 2.63. The Labute approximate surface area is 79.7 Å². The zero-order valence-corrected chi connectivity index (χ0v) is 8.34. The van der Waals surface area contributed by atoms with Crippen molar-refractivity contribution < 1.29 is 9.53 Å². The van der Waals surface area contributed by atoms with Crippen LogP contribution in [0.15, 0.2) is 0 Å². The smallest absolute Gasteiger partial charge is 0.312 e. The summed E-state index contributed by atoms with van der Waals surface area (Å²) in [6, 6.07) is 0. The van der Waals surface area contributed by atoms with E-state index in [0.29, 0.717) is 0 Å². The number of hydrogen-bond donors (Lipinski definition) is 0. The summed E-state index contributed by atoms with van der Waals surface area (Å²) in [5, 5.41) is 0. The van der Waals surface area contributed by atoms with Crippen molar-refractivity contribution in [1.29, 1.82) is 0 Å². The highest BCUT2D eigenvalue weighted by atomic mass is 16.5. The van der Waals surface area contributed by atoms with Gasteiger partial charge in [-0.2, -0.15) is 0 Å². The molecule has 2 heteroatoms. The summed E-state index contributed by atoms with van der Waals surface area (Å²) in [6.45, 7) is 1.99. The largest absolute Gasteiger partial charge is 0.462 e. The average Bonchev–Trinajstić information content (AvgIpc) is 2.14. The first-order valence-corrected chi connectivity index (χ1v) is 5.44. The molecule has 0 amide bonds. The fraction of sp³-hybridized carbons (Fsp3) is 0.909. The van der Waals surface area contributed by atoms with E-state index in [1.54, 1.807) is 0 Å². The maximum absolute atomic E-state index is 11.8. The van der Waals surface area contributed by atoms with Gasteiger partial charge in [-0.3, -0.25) is 4.79 Å². The molecule has 1 aliphatic heterocycles. The summed E-state index contributed by atoms with van der Waals surface area (Å²) in [5.41, 5.74) is -0.0647. The molecular formula is C11H18O2. The number of ether oxygens (including phenoxy) is 1. The van der Waals surface area contributed by atoms with Crippen molar-refractivity contribution in [1.82, 2.24) is 0 Å². The number of carbonyl (C=O) groups excluding carboxylic acids is 1. The number of cyclic esters (lactones) is 1. The van der Waals surface area contributed by atoms with Gasteiger partial charge in [-0.1, -0.05) is 19.3 Å².